The Kier molecular flexibility index (Phi) is 3.57. The van der Waals surface area contributed by atoms with E-state index in [0.29, 0.717) is 12.2 Å². The highest BCUT2D eigenvalue weighted by molar-refractivity contribution is 5.83. The predicted molar refractivity (Wildman–Crippen MR) is 76.1 cm³/mol. The standard InChI is InChI=1S/C16H19NO4/c1-21-14-5-3-2-4-10(14)8-15(18)17-11-6-7-13(17)12(9-11)16(19)20/h2-5,11-13H,6-9H2,1H3,(H,19,20). The van der Waals surface area contributed by atoms with Crippen molar-refractivity contribution in [2.24, 2.45) is 5.92 Å². The molecule has 1 N–H and O–H groups in total. The third-order valence-corrected chi connectivity index (χ3v) is 4.68. The van der Waals surface area contributed by atoms with Crippen molar-refractivity contribution in [3.8, 4) is 5.75 Å². The lowest BCUT2D eigenvalue weighted by atomic mass is 9.89. The second-order valence-electron chi connectivity index (χ2n) is 5.77. The van der Waals surface area contributed by atoms with Crippen molar-refractivity contribution < 1.29 is 19.4 Å². The quantitative estimate of drug-likeness (QED) is 0.916. The number of carboxylic acid groups (broad SMARTS) is 1. The minimum atomic E-state index is -0.780. The molecule has 1 aromatic rings. The third-order valence-electron chi connectivity index (χ3n) is 4.68. The van der Waals surface area contributed by atoms with Crippen LogP contribution < -0.4 is 4.74 Å². The molecule has 5 nitrogen and oxygen atoms in total. The summed E-state index contributed by atoms with van der Waals surface area (Å²) in [7, 11) is 1.59. The van der Waals surface area contributed by atoms with Gasteiger partial charge in [0.1, 0.15) is 5.75 Å². The first-order valence-electron chi connectivity index (χ1n) is 7.27. The molecule has 2 saturated heterocycles. The Morgan fingerprint density at radius 1 is 1.33 bits per heavy atom. The molecule has 0 saturated carbocycles. The monoisotopic (exact) mass is 289 g/mol. The zero-order chi connectivity index (χ0) is 15.0. The van der Waals surface area contributed by atoms with Crippen LogP contribution in [0.4, 0.5) is 0 Å². The molecule has 2 heterocycles. The molecule has 21 heavy (non-hydrogen) atoms. The highest BCUT2D eigenvalue weighted by atomic mass is 16.5. The van der Waals surface area contributed by atoms with Gasteiger partial charge < -0.3 is 14.7 Å². The molecular weight excluding hydrogens is 270 g/mol. The predicted octanol–water partition coefficient (Wildman–Crippen LogP) is 1.70. The molecule has 1 amide bonds. The Morgan fingerprint density at radius 3 is 2.76 bits per heavy atom. The summed E-state index contributed by atoms with van der Waals surface area (Å²) in [5.41, 5.74) is 0.850. The maximum Gasteiger partial charge on any atom is 0.308 e. The largest absolute Gasteiger partial charge is 0.496 e. The zero-order valence-corrected chi connectivity index (χ0v) is 12.0. The van der Waals surface area contributed by atoms with Crippen molar-refractivity contribution in [2.75, 3.05) is 7.11 Å². The lowest BCUT2D eigenvalue weighted by Gasteiger charge is -2.23. The average molecular weight is 289 g/mol. The normalized spacial score (nSPS) is 26.9. The minimum absolute atomic E-state index is 0.00995. The van der Waals surface area contributed by atoms with Crippen LogP contribution in [-0.2, 0) is 16.0 Å². The molecule has 2 bridgehead atoms. The number of carbonyl (C=O) groups is 2. The van der Waals surface area contributed by atoms with Crippen molar-refractivity contribution in [3.05, 3.63) is 29.8 Å². The van der Waals surface area contributed by atoms with Crippen LogP contribution in [0.3, 0.4) is 0 Å². The fraction of sp³-hybridized carbons (Fsp3) is 0.500. The van der Waals surface area contributed by atoms with E-state index in [4.69, 9.17) is 4.74 Å². The number of hydrogen-bond acceptors (Lipinski definition) is 3. The molecule has 0 aromatic heterocycles. The second kappa shape index (κ2) is 5.39. The molecule has 0 spiro atoms. The fourth-order valence-corrected chi connectivity index (χ4v) is 3.75. The van der Waals surface area contributed by atoms with Gasteiger partial charge in [0.2, 0.25) is 5.91 Å². The summed E-state index contributed by atoms with van der Waals surface area (Å²) in [5, 5.41) is 9.25. The van der Waals surface area contributed by atoms with E-state index in [0.717, 1.165) is 18.4 Å². The summed E-state index contributed by atoms with van der Waals surface area (Å²) in [6.07, 6.45) is 2.59. The van der Waals surface area contributed by atoms with Crippen LogP contribution in [0.5, 0.6) is 5.75 Å². The van der Waals surface area contributed by atoms with Crippen LogP contribution in [0, 0.1) is 5.92 Å². The van der Waals surface area contributed by atoms with Gasteiger partial charge in [-0.3, -0.25) is 9.59 Å². The van der Waals surface area contributed by atoms with Crippen LogP contribution in [0.25, 0.3) is 0 Å². The molecule has 112 valence electrons. The van der Waals surface area contributed by atoms with Gasteiger partial charge in [-0.25, -0.2) is 0 Å². The Labute approximate surface area is 123 Å². The van der Waals surface area contributed by atoms with E-state index < -0.39 is 11.9 Å². The van der Waals surface area contributed by atoms with Crippen LogP contribution in [0.1, 0.15) is 24.8 Å². The van der Waals surface area contributed by atoms with Gasteiger partial charge in [-0.2, -0.15) is 0 Å². The van der Waals surface area contributed by atoms with E-state index in [1.807, 2.05) is 29.2 Å². The molecule has 3 atom stereocenters. The van der Waals surface area contributed by atoms with E-state index >= 15 is 0 Å². The topological polar surface area (TPSA) is 66.8 Å². The van der Waals surface area contributed by atoms with E-state index in [9.17, 15) is 14.7 Å². The Bertz CT molecular complexity index is 571. The van der Waals surface area contributed by atoms with Gasteiger partial charge in [0.05, 0.1) is 19.4 Å². The third kappa shape index (κ3) is 2.37. The summed E-state index contributed by atoms with van der Waals surface area (Å²) < 4.78 is 5.27. The lowest BCUT2D eigenvalue weighted by molar-refractivity contribution is -0.143. The molecule has 2 fully saturated rings. The van der Waals surface area contributed by atoms with Crippen LogP contribution in [0.15, 0.2) is 24.3 Å². The highest BCUT2D eigenvalue weighted by Crippen LogP contribution is 2.42. The van der Waals surface area contributed by atoms with Gasteiger partial charge >= 0.3 is 5.97 Å². The number of fused-ring (bicyclic) bond motifs is 2. The number of benzene rings is 1. The van der Waals surface area contributed by atoms with Crippen LogP contribution in [-0.4, -0.2) is 41.1 Å². The number of nitrogens with zero attached hydrogens (tertiary/aromatic N) is 1. The number of amides is 1. The molecule has 2 aliphatic rings. The summed E-state index contributed by atoms with van der Waals surface area (Å²) in [6, 6.07) is 7.43. The molecule has 3 rings (SSSR count). The van der Waals surface area contributed by atoms with Crippen molar-refractivity contribution in [1.82, 2.24) is 4.90 Å². The lowest BCUT2D eigenvalue weighted by Crippen LogP contribution is -2.38. The Morgan fingerprint density at radius 2 is 2.10 bits per heavy atom. The fourth-order valence-electron chi connectivity index (χ4n) is 3.75. The molecule has 3 unspecified atom stereocenters. The van der Waals surface area contributed by atoms with Crippen LogP contribution >= 0.6 is 0 Å². The number of para-hydroxylation sites is 1. The molecule has 2 aliphatic heterocycles. The maximum atomic E-state index is 12.6. The van der Waals surface area contributed by atoms with Gasteiger partial charge in [0.15, 0.2) is 0 Å². The molecule has 0 aliphatic carbocycles. The number of ether oxygens (including phenoxy) is 1. The smallest absolute Gasteiger partial charge is 0.308 e. The number of rotatable bonds is 4. The van der Waals surface area contributed by atoms with Gasteiger partial charge in [0, 0.05) is 17.6 Å². The number of carboxylic acids is 1. The van der Waals surface area contributed by atoms with Crippen molar-refractivity contribution in [2.45, 2.75) is 37.8 Å². The number of hydrogen-bond donors (Lipinski definition) is 1. The summed E-state index contributed by atoms with van der Waals surface area (Å²) in [5.74, 6) is -0.467. The van der Waals surface area contributed by atoms with Gasteiger partial charge in [-0.15, -0.1) is 0 Å². The minimum Gasteiger partial charge on any atom is -0.496 e. The molecule has 5 heteroatoms. The zero-order valence-electron chi connectivity index (χ0n) is 12.0. The van der Waals surface area contributed by atoms with Crippen molar-refractivity contribution in [1.29, 1.82) is 0 Å². The molecule has 1 aromatic carbocycles. The van der Waals surface area contributed by atoms with E-state index in [1.165, 1.54) is 0 Å². The maximum absolute atomic E-state index is 12.6. The first kappa shape index (κ1) is 13.9. The summed E-state index contributed by atoms with van der Waals surface area (Å²) >= 11 is 0. The average Bonchev–Trinajstić information content (AvgIpc) is 3.05. The van der Waals surface area contributed by atoms with Gasteiger partial charge in [0.25, 0.3) is 0 Å². The molecule has 0 radical (unpaired) electrons. The first-order chi connectivity index (χ1) is 10.1. The summed E-state index contributed by atoms with van der Waals surface area (Å²) in [6.45, 7) is 0. The van der Waals surface area contributed by atoms with Crippen LogP contribution in [0.2, 0.25) is 0 Å². The SMILES string of the molecule is COc1ccccc1CC(=O)N1C2CCC1C(C(=O)O)C2. The Hall–Kier alpha value is -2.04. The number of aliphatic carboxylic acids is 1. The molecular formula is C16H19NO4. The van der Waals surface area contributed by atoms with Gasteiger partial charge in [-0.1, -0.05) is 18.2 Å². The Balaban J connectivity index is 1.76. The second-order valence-corrected chi connectivity index (χ2v) is 5.77. The number of carbonyl (C=O) groups excluding carboxylic acids is 1. The number of methoxy groups -OCH3 is 1. The highest BCUT2D eigenvalue weighted by Gasteiger charge is 2.51. The van der Waals surface area contributed by atoms with Crippen molar-refractivity contribution >= 4 is 11.9 Å². The van der Waals surface area contributed by atoms with E-state index in [2.05, 4.69) is 0 Å². The van der Waals surface area contributed by atoms with E-state index in [-0.39, 0.29) is 24.4 Å². The van der Waals surface area contributed by atoms with Gasteiger partial charge in [-0.05, 0) is 25.3 Å². The first-order valence-corrected chi connectivity index (χ1v) is 7.27. The van der Waals surface area contributed by atoms with Crippen molar-refractivity contribution in [3.63, 3.8) is 0 Å². The summed E-state index contributed by atoms with van der Waals surface area (Å²) in [4.78, 5) is 25.7. The van der Waals surface area contributed by atoms with E-state index in [1.54, 1.807) is 7.11 Å².